The maximum Gasteiger partial charge on any atom is 0.273 e. The Balaban J connectivity index is 2.97. The summed E-state index contributed by atoms with van der Waals surface area (Å²) in [4.78, 5) is 33.5. The molecular weight excluding hydrogens is 234 g/mol. The van der Waals surface area contributed by atoms with Gasteiger partial charge in [0.2, 0.25) is 0 Å². The van der Waals surface area contributed by atoms with E-state index >= 15 is 0 Å². The first kappa shape index (κ1) is 14.0. The lowest BCUT2D eigenvalue weighted by atomic mass is 9.99. The molecule has 0 saturated carbocycles. The van der Waals surface area contributed by atoms with Crippen LogP contribution < -0.4 is 0 Å². The van der Waals surface area contributed by atoms with Gasteiger partial charge < -0.3 is 0 Å². The second-order valence-electron chi connectivity index (χ2n) is 4.48. The molecular formula is C13H15NO4. The summed E-state index contributed by atoms with van der Waals surface area (Å²) in [6, 6.07) is 4.26. The lowest BCUT2D eigenvalue weighted by Crippen LogP contribution is -2.13. The molecule has 0 radical (unpaired) electrons. The number of hydrogen-bond donors (Lipinski definition) is 0. The fraction of sp³-hybridized carbons (Fsp3) is 0.385. The first-order valence-electron chi connectivity index (χ1n) is 5.64. The van der Waals surface area contributed by atoms with Gasteiger partial charge in [0.25, 0.3) is 5.69 Å². The van der Waals surface area contributed by atoms with Crippen molar-refractivity contribution in [3.8, 4) is 0 Å². The van der Waals surface area contributed by atoms with Gasteiger partial charge in [-0.3, -0.25) is 19.7 Å². The van der Waals surface area contributed by atoms with Gasteiger partial charge in [0.05, 0.1) is 11.3 Å². The zero-order chi connectivity index (χ0) is 13.9. The highest BCUT2D eigenvalue weighted by atomic mass is 16.6. The summed E-state index contributed by atoms with van der Waals surface area (Å²) in [6.07, 6.45) is -0.210. The molecule has 0 fully saturated rings. The van der Waals surface area contributed by atoms with Crippen LogP contribution >= 0.6 is 0 Å². The molecule has 0 saturated heterocycles. The standard InChI is InChI=1S/C13H15NO4/c1-8(2)12(15)7-13(16)10-5-4-9(3)11(6-10)14(17)18/h4-6,8H,7H2,1-3H3. The Kier molecular flexibility index (Phi) is 4.31. The van der Waals surface area contributed by atoms with E-state index in [2.05, 4.69) is 0 Å². The molecule has 0 aliphatic carbocycles. The van der Waals surface area contributed by atoms with Gasteiger partial charge in [-0.05, 0) is 6.92 Å². The number of aryl methyl sites for hydroxylation is 1. The summed E-state index contributed by atoms with van der Waals surface area (Å²) in [5.41, 5.74) is 0.603. The van der Waals surface area contributed by atoms with E-state index in [4.69, 9.17) is 0 Å². The van der Waals surface area contributed by atoms with E-state index in [1.54, 1.807) is 20.8 Å². The Morgan fingerprint density at radius 2 is 1.94 bits per heavy atom. The van der Waals surface area contributed by atoms with Crippen LogP contribution in [0.1, 0.15) is 36.2 Å². The maximum absolute atomic E-state index is 11.8. The molecule has 5 heteroatoms. The van der Waals surface area contributed by atoms with Crippen LogP contribution in [0, 0.1) is 23.0 Å². The van der Waals surface area contributed by atoms with Gasteiger partial charge in [-0.2, -0.15) is 0 Å². The van der Waals surface area contributed by atoms with Crippen LogP contribution in [0.5, 0.6) is 0 Å². The maximum atomic E-state index is 11.8. The average Bonchev–Trinajstić information content (AvgIpc) is 2.28. The Morgan fingerprint density at radius 1 is 1.33 bits per heavy atom. The Morgan fingerprint density at radius 3 is 2.44 bits per heavy atom. The van der Waals surface area contributed by atoms with Crippen molar-refractivity contribution in [3.63, 3.8) is 0 Å². The zero-order valence-electron chi connectivity index (χ0n) is 10.6. The number of benzene rings is 1. The number of hydrogen-bond acceptors (Lipinski definition) is 4. The first-order valence-corrected chi connectivity index (χ1v) is 5.64. The quantitative estimate of drug-likeness (QED) is 0.348. The number of nitro groups is 1. The van der Waals surface area contributed by atoms with Crippen LogP contribution in [0.25, 0.3) is 0 Å². The number of carbonyl (C=O) groups excluding carboxylic acids is 2. The predicted octanol–water partition coefficient (Wildman–Crippen LogP) is 2.70. The Hall–Kier alpha value is -2.04. The minimum absolute atomic E-state index is 0.0992. The molecule has 96 valence electrons. The first-order chi connectivity index (χ1) is 8.32. The fourth-order valence-electron chi connectivity index (χ4n) is 1.44. The van der Waals surface area contributed by atoms with Crippen molar-refractivity contribution in [1.29, 1.82) is 0 Å². The molecule has 1 rings (SSSR count). The molecule has 5 nitrogen and oxygen atoms in total. The topological polar surface area (TPSA) is 77.3 Å². The van der Waals surface area contributed by atoms with Gasteiger partial charge >= 0.3 is 0 Å². The highest BCUT2D eigenvalue weighted by Crippen LogP contribution is 2.20. The highest BCUT2D eigenvalue weighted by Gasteiger charge is 2.18. The third-order valence-corrected chi connectivity index (χ3v) is 2.71. The van der Waals surface area contributed by atoms with Crippen molar-refractivity contribution < 1.29 is 14.5 Å². The smallest absolute Gasteiger partial charge is 0.273 e. The largest absolute Gasteiger partial charge is 0.299 e. The van der Waals surface area contributed by atoms with Crippen molar-refractivity contribution in [2.75, 3.05) is 0 Å². The van der Waals surface area contributed by atoms with Crippen LogP contribution in [-0.4, -0.2) is 16.5 Å². The van der Waals surface area contributed by atoms with Crippen LogP contribution in [0.2, 0.25) is 0 Å². The highest BCUT2D eigenvalue weighted by molar-refractivity contribution is 6.08. The molecule has 1 aromatic carbocycles. The van der Waals surface area contributed by atoms with Gasteiger partial charge in [0.1, 0.15) is 5.78 Å². The summed E-state index contributed by atoms with van der Waals surface area (Å²) in [6.45, 7) is 5.03. The van der Waals surface area contributed by atoms with E-state index in [1.165, 1.54) is 18.2 Å². The van der Waals surface area contributed by atoms with E-state index < -0.39 is 4.92 Å². The zero-order valence-corrected chi connectivity index (χ0v) is 10.6. The molecule has 0 bridgehead atoms. The number of rotatable bonds is 5. The lowest BCUT2D eigenvalue weighted by Gasteiger charge is -2.04. The van der Waals surface area contributed by atoms with Crippen LogP contribution in [0.4, 0.5) is 5.69 Å². The lowest BCUT2D eigenvalue weighted by molar-refractivity contribution is -0.385. The van der Waals surface area contributed by atoms with Crippen molar-refractivity contribution in [2.45, 2.75) is 27.2 Å². The molecule has 18 heavy (non-hydrogen) atoms. The molecule has 0 unspecified atom stereocenters. The van der Waals surface area contributed by atoms with Gasteiger partial charge in [-0.25, -0.2) is 0 Å². The van der Waals surface area contributed by atoms with E-state index in [9.17, 15) is 19.7 Å². The summed E-state index contributed by atoms with van der Waals surface area (Å²) in [7, 11) is 0. The Labute approximate surface area is 105 Å². The average molecular weight is 249 g/mol. The van der Waals surface area contributed by atoms with Crippen LogP contribution in [0.3, 0.4) is 0 Å². The van der Waals surface area contributed by atoms with Crippen LogP contribution in [-0.2, 0) is 4.79 Å². The second-order valence-corrected chi connectivity index (χ2v) is 4.48. The van der Waals surface area contributed by atoms with Crippen molar-refractivity contribution in [3.05, 3.63) is 39.4 Å². The van der Waals surface area contributed by atoms with Gasteiger partial charge in [-0.15, -0.1) is 0 Å². The summed E-state index contributed by atoms with van der Waals surface area (Å²) >= 11 is 0. The number of nitro benzene ring substituents is 1. The SMILES string of the molecule is Cc1ccc(C(=O)CC(=O)C(C)C)cc1[N+](=O)[O-]. The molecule has 0 atom stereocenters. The normalized spacial score (nSPS) is 10.4. The Bertz CT molecular complexity index is 506. The summed E-state index contributed by atoms with van der Waals surface area (Å²) in [5, 5.41) is 10.8. The second kappa shape index (κ2) is 5.53. The fourth-order valence-corrected chi connectivity index (χ4v) is 1.44. The minimum Gasteiger partial charge on any atom is -0.299 e. The third-order valence-electron chi connectivity index (χ3n) is 2.71. The molecule has 0 aliphatic rings. The number of Topliss-reactive ketones (excluding diaryl/α,β-unsaturated/α-hetero) is 2. The van der Waals surface area contributed by atoms with Gasteiger partial charge in [-0.1, -0.05) is 26.0 Å². The molecule has 0 aliphatic heterocycles. The molecule has 0 aromatic heterocycles. The third kappa shape index (κ3) is 3.23. The van der Waals surface area contributed by atoms with Crippen molar-refractivity contribution >= 4 is 17.3 Å². The molecule has 1 aromatic rings. The number of ketones is 2. The van der Waals surface area contributed by atoms with Crippen molar-refractivity contribution in [2.24, 2.45) is 5.92 Å². The van der Waals surface area contributed by atoms with Gasteiger partial charge in [0.15, 0.2) is 5.78 Å². The summed E-state index contributed by atoms with van der Waals surface area (Å²) < 4.78 is 0. The van der Waals surface area contributed by atoms with E-state index in [-0.39, 0.29) is 35.2 Å². The van der Waals surface area contributed by atoms with Crippen molar-refractivity contribution in [1.82, 2.24) is 0 Å². The molecule has 0 N–H and O–H groups in total. The van der Waals surface area contributed by atoms with E-state index in [0.29, 0.717) is 5.56 Å². The predicted molar refractivity (Wildman–Crippen MR) is 66.6 cm³/mol. The number of nitrogens with zero attached hydrogens (tertiary/aromatic N) is 1. The monoisotopic (exact) mass is 249 g/mol. The number of carbonyl (C=O) groups is 2. The molecule has 0 spiro atoms. The van der Waals surface area contributed by atoms with E-state index in [1.807, 2.05) is 0 Å². The van der Waals surface area contributed by atoms with Gasteiger partial charge in [0, 0.05) is 23.1 Å². The van der Waals surface area contributed by atoms with Crippen LogP contribution in [0.15, 0.2) is 18.2 Å². The summed E-state index contributed by atoms with van der Waals surface area (Å²) in [5.74, 6) is -0.755. The molecule has 0 heterocycles. The molecule has 0 amide bonds. The van der Waals surface area contributed by atoms with E-state index in [0.717, 1.165) is 0 Å². The minimum atomic E-state index is -0.531.